The molecule has 0 aliphatic carbocycles. The molecule has 1 fully saturated rings. The highest BCUT2D eigenvalue weighted by atomic mass is 16.4. The molecular formula is C14H21N3O2. The summed E-state index contributed by atoms with van der Waals surface area (Å²) in [6, 6.07) is 4.15. The van der Waals surface area contributed by atoms with Crippen molar-refractivity contribution >= 4 is 11.9 Å². The number of nitrogens with zero attached hydrogens (tertiary/aromatic N) is 3. The predicted molar refractivity (Wildman–Crippen MR) is 74.6 cm³/mol. The molecule has 1 aliphatic rings. The van der Waals surface area contributed by atoms with Crippen LogP contribution < -0.4 is 4.90 Å². The van der Waals surface area contributed by atoms with Gasteiger partial charge in [-0.25, -0.2) is 9.78 Å². The molecule has 0 radical (unpaired) electrons. The van der Waals surface area contributed by atoms with Crippen molar-refractivity contribution in [2.75, 3.05) is 31.1 Å². The summed E-state index contributed by atoms with van der Waals surface area (Å²) in [6.45, 7) is 6.90. The Hall–Kier alpha value is -1.78. The normalized spacial score (nSPS) is 15.9. The van der Waals surface area contributed by atoms with Gasteiger partial charge in [-0.3, -0.25) is 0 Å². The summed E-state index contributed by atoms with van der Waals surface area (Å²) in [5.74, 6) is 1.57. The number of anilines is 1. The average Bonchev–Trinajstić information content (AvgIpc) is 2.39. The minimum absolute atomic E-state index is 0.546. The monoisotopic (exact) mass is 263 g/mol. The van der Waals surface area contributed by atoms with Gasteiger partial charge in [-0.15, -0.1) is 0 Å². The number of carboxylic acid groups (broad SMARTS) is 1. The molecule has 1 saturated heterocycles. The molecule has 1 amide bonds. The third-order valence-corrected chi connectivity index (χ3v) is 3.33. The van der Waals surface area contributed by atoms with Gasteiger partial charge in [0.05, 0.1) is 0 Å². The Morgan fingerprint density at radius 3 is 2.47 bits per heavy atom. The zero-order chi connectivity index (χ0) is 13.8. The Kier molecular flexibility index (Phi) is 4.24. The lowest BCUT2D eigenvalue weighted by atomic mass is 10.1. The van der Waals surface area contributed by atoms with Crippen molar-refractivity contribution in [3.05, 3.63) is 23.9 Å². The van der Waals surface area contributed by atoms with Crippen molar-refractivity contribution in [3.8, 4) is 0 Å². The maximum Gasteiger partial charge on any atom is 0.407 e. The number of piperazine rings is 1. The van der Waals surface area contributed by atoms with E-state index in [1.165, 1.54) is 10.5 Å². The molecule has 1 aliphatic heterocycles. The maximum absolute atomic E-state index is 10.8. The van der Waals surface area contributed by atoms with E-state index in [0.29, 0.717) is 32.1 Å². The standard InChI is InChI=1S/C14H21N3O2/c1-11(2)9-12-3-4-13(15-10-12)16-5-7-17(8-6-16)14(18)19/h3-4,10-11H,5-9H2,1-2H3,(H,18,19). The Labute approximate surface area is 113 Å². The molecular weight excluding hydrogens is 242 g/mol. The Balaban J connectivity index is 1.94. The fourth-order valence-electron chi connectivity index (χ4n) is 2.32. The summed E-state index contributed by atoms with van der Waals surface area (Å²) < 4.78 is 0. The summed E-state index contributed by atoms with van der Waals surface area (Å²) >= 11 is 0. The van der Waals surface area contributed by atoms with Crippen LogP contribution in [0.25, 0.3) is 0 Å². The van der Waals surface area contributed by atoms with Gasteiger partial charge < -0.3 is 14.9 Å². The molecule has 1 N–H and O–H groups in total. The molecule has 0 unspecified atom stereocenters. The van der Waals surface area contributed by atoms with Crippen LogP contribution in [0.1, 0.15) is 19.4 Å². The minimum Gasteiger partial charge on any atom is -0.465 e. The first-order chi connectivity index (χ1) is 9.06. The predicted octanol–water partition coefficient (Wildman–Crippen LogP) is 2.08. The van der Waals surface area contributed by atoms with Gasteiger partial charge in [0.15, 0.2) is 0 Å². The van der Waals surface area contributed by atoms with Gasteiger partial charge in [0.1, 0.15) is 5.82 Å². The topological polar surface area (TPSA) is 56.7 Å². The maximum atomic E-state index is 10.8. The molecule has 0 bridgehead atoms. The molecule has 104 valence electrons. The van der Waals surface area contributed by atoms with Gasteiger partial charge >= 0.3 is 6.09 Å². The molecule has 0 atom stereocenters. The smallest absolute Gasteiger partial charge is 0.407 e. The lowest BCUT2D eigenvalue weighted by Gasteiger charge is -2.33. The van der Waals surface area contributed by atoms with Crippen LogP contribution in [0.4, 0.5) is 10.6 Å². The second-order valence-corrected chi connectivity index (χ2v) is 5.38. The third-order valence-electron chi connectivity index (χ3n) is 3.33. The first-order valence-corrected chi connectivity index (χ1v) is 6.74. The average molecular weight is 263 g/mol. The molecule has 0 saturated carbocycles. The highest BCUT2D eigenvalue weighted by Crippen LogP contribution is 2.15. The zero-order valence-electron chi connectivity index (χ0n) is 11.5. The van der Waals surface area contributed by atoms with Crippen molar-refractivity contribution in [1.82, 2.24) is 9.88 Å². The molecule has 5 heteroatoms. The first-order valence-electron chi connectivity index (χ1n) is 6.74. The molecule has 2 rings (SSSR count). The second-order valence-electron chi connectivity index (χ2n) is 5.38. The van der Waals surface area contributed by atoms with Crippen LogP contribution in [-0.4, -0.2) is 47.3 Å². The summed E-state index contributed by atoms with van der Waals surface area (Å²) in [7, 11) is 0. The van der Waals surface area contributed by atoms with Gasteiger partial charge in [-0.2, -0.15) is 0 Å². The Morgan fingerprint density at radius 1 is 1.32 bits per heavy atom. The van der Waals surface area contributed by atoms with Crippen LogP contribution in [0, 0.1) is 5.92 Å². The lowest BCUT2D eigenvalue weighted by Crippen LogP contribution is -2.48. The van der Waals surface area contributed by atoms with E-state index in [1.807, 2.05) is 12.3 Å². The van der Waals surface area contributed by atoms with Crippen LogP contribution in [0.3, 0.4) is 0 Å². The minimum atomic E-state index is -0.833. The third kappa shape index (κ3) is 3.59. The van der Waals surface area contributed by atoms with Crippen molar-refractivity contribution in [1.29, 1.82) is 0 Å². The summed E-state index contributed by atoms with van der Waals surface area (Å²) in [6.07, 6.45) is 2.14. The van der Waals surface area contributed by atoms with Gasteiger partial charge in [-0.1, -0.05) is 19.9 Å². The molecule has 0 spiro atoms. The number of pyridine rings is 1. The molecule has 2 heterocycles. The van der Waals surface area contributed by atoms with Crippen LogP contribution >= 0.6 is 0 Å². The Morgan fingerprint density at radius 2 is 2.00 bits per heavy atom. The van der Waals surface area contributed by atoms with Crippen LogP contribution in [0.15, 0.2) is 18.3 Å². The van der Waals surface area contributed by atoms with E-state index < -0.39 is 6.09 Å². The van der Waals surface area contributed by atoms with E-state index in [2.05, 4.69) is 29.8 Å². The SMILES string of the molecule is CC(C)Cc1ccc(N2CCN(C(=O)O)CC2)nc1. The number of hydrogen-bond donors (Lipinski definition) is 1. The molecule has 1 aromatic heterocycles. The summed E-state index contributed by atoms with van der Waals surface area (Å²) in [5.41, 5.74) is 1.25. The van der Waals surface area contributed by atoms with E-state index in [4.69, 9.17) is 5.11 Å². The zero-order valence-corrected chi connectivity index (χ0v) is 11.5. The number of amides is 1. The number of aromatic nitrogens is 1. The van der Waals surface area contributed by atoms with Crippen LogP contribution in [-0.2, 0) is 6.42 Å². The molecule has 5 nitrogen and oxygen atoms in total. The van der Waals surface area contributed by atoms with Gasteiger partial charge in [-0.05, 0) is 24.0 Å². The second kappa shape index (κ2) is 5.91. The van der Waals surface area contributed by atoms with Crippen molar-refractivity contribution in [2.45, 2.75) is 20.3 Å². The van der Waals surface area contributed by atoms with Crippen molar-refractivity contribution < 1.29 is 9.90 Å². The van der Waals surface area contributed by atoms with Crippen LogP contribution in [0.2, 0.25) is 0 Å². The highest BCUT2D eigenvalue weighted by Gasteiger charge is 2.20. The number of rotatable bonds is 3. The summed E-state index contributed by atoms with van der Waals surface area (Å²) in [5, 5.41) is 8.91. The van der Waals surface area contributed by atoms with E-state index in [0.717, 1.165) is 12.2 Å². The van der Waals surface area contributed by atoms with Gasteiger partial charge in [0.2, 0.25) is 0 Å². The van der Waals surface area contributed by atoms with E-state index >= 15 is 0 Å². The fraction of sp³-hybridized carbons (Fsp3) is 0.571. The Bertz CT molecular complexity index is 423. The number of carbonyl (C=O) groups is 1. The van der Waals surface area contributed by atoms with E-state index in [-0.39, 0.29) is 0 Å². The van der Waals surface area contributed by atoms with E-state index in [1.54, 1.807) is 0 Å². The van der Waals surface area contributed by atoms with Gasteiger partial charge in [0, 0.05) is 32.4 Å². The van der Waals surface area contributed by atoms with Crippen molar-refractivity contribution in [2.24, 2.45) is 5.92 Å². The first kappa shape index (κ1) is 13.6. The van der Waals surface area contributed by atoms with Crippen molar-refractivity contribution in [3.63, 3.8) is 0 Å². The highest BCUT2D eigenvalue weighted by molar-refractivity contribution is 5.65. The molecule has 1 aromatic rings. The molecule has 19 heavy (non-hydrogen) atoms. The lowest BCUT2D eigenvalue weighted by molar-refractivity contribution is 0.142. The summed E-state index contributed by atoms with van der Waals surface area (Å²) in [4.78, 5) is 18.9. The largest absolute Gasteiger partial charge is 0.465 e. The number of hydrogen-bond acceptors (Lipinski definition) is 3. The molecule has 0 aromatic carbocycles. The quantitative estimate of drug-likeness (QED) is 0.907. The van der Waals surface area contributed by atoms with Gasteiger partial charge in [0.25, 0.3) is 0 Å². The van der Waals surface area contributed by atoms with Crippen LogP contribution in [0.5, 0.6) is 0 Å². The fourth-order valence-corrected chi connectivity index (χ4v) is 2.32. The van der Waals surface area contributed by atoms with E-state index in [9.17, 15) is 4.79 Å².